The Morgan fingerprint density at radius 3 is 2.80 bits per heavy atom. The molecule has 2 atom stereocenters. The molecule has 0 aromatic heterocycles. The van der Waals surface area contributed by atoms with E-state index in [4.69, 9.17) is 9.84 Å². The average Bonchev–Trinajstić information content (AvgIpc) is 2.65. The van der Waals surface area contributed by atoms with Crippen molar-refractivity contribution in [3.63, 3.8) is 0 Å². The monoisotopic (exact) mass is 283 g/mol. The third-order valence-electron chi connectivity index (χ3n) is 4.01. The lowest BCUT2D eigenvalue weighted by molar-refractivity contribution is -0.171. The van der Waals surface area contributed by atoms with Crippen LogP contribution in [0.5, 0.6) is 0 Å². The Balaban J connectivity index is 2.23. The van der Waals surface area contributed by atoms with E-state index in [1.807, 2.05) is 0 Å². The highest BCUT2D eigenvalue weighted by Gasteiger charge is 2.64. The van der Waals surface area contributed by atoms with Crippen molar-refractivity contribution in [3.8, 4) is 0 Å². The predicted octanol–water partition coefficient (Wildman–Crippen LogP) is 1.24. The first-order valence-electron chi connectivity index (χ1n) is 7.11. The lowest BCUT2D eigenvalue weighted by atomic mass is 9.86. The molecule has 0 saturated carbocycles. The quantitative estimate of drug-likeness (QED) is 0.542. The molecule has 0 radical (unpaired) electrons. The van der Waals surface area contributed by atoms with Gasteiger partial charge in [0.2, 0.25) is 11.4 Å². The van der Waals surface area contributed by atoms with Gasteiger partial charge < -0.3 is 14.9 Å². The maximum absolute atomic E-state index is 11.8. The fourth-order valence-electron chi connectivity index (χ4n) is 2.97. The summed E-state index contributed by atoms with van der Waals surface area (Å²) in [6, 6.07) is 0. The van der Waals surface area contributed by atoms with Crippen LogP contribution in [-0.4, -0.2) is 45.4 Å². The number of nitrogens with zero attached hydrogens (tertiary/aromatic N) is 1. The molecule has 2 heterocycles. The number of carboxylic acids is 1. The van der Waals surface area contributed by atoms with Crippen LogP contribution < -0.4 is 0 Å². The third-order valence-corrected chi connectivity index (χ3v) is 4.01. The molecule has 2 fully saturated rings. The van der Waals surface area contributed by atoms with E-state index in [0.29, 0.717) is 12.8 Å². The Kier molecular flexibility index (Phi) is 4.32. The fourth-order valence-corrected chi connectivity index (χ4v) is 2.97. The SMILES string of the molecule is CCCCCC[C@]1(C(=O)O)/C(=C/CO)O[C@@H]2CC(=O)N21. The molecule has 2 aliphatic rings. The van der Waals surface area contributed by atoms with Crippen LogP contribution in [0.25, 0.3) is 0 Å². The standard InChI is InChI=1S/C14H21NO5/c1-2-3-4-5-7-14(13(18)19)10(6-8-16)20-12-9-11(17)15(12)14/h6,12,16H,2-5,7-9H2,1H3,(H,18,19)/b10-6-/t12-,14-/m1/s1. The Bertz CT molecular complexity index is 433. The van der Waals surface area contributed by atoms with Crippen molar-refractivity contribution in [2.75, 3.05) is 6.61 Å². The molecule has 2 aliphatic heterocycles. The summed E-state index contributed by atoms with van der Waals surface area (Å²) in [7, 11) is 0. The Morgan fingerprint density at radius 1 is 1.50 bits per heavy atom. The van der Waals surface area contributed by atoms with Crippen LogP contribution >= 0.6 is 0 Å². The number of carbonyl (C=O) groups excluding carboxylic acids is 1. The first-order valence-corrected chi connectivity index (χ1v) is 7.11. The van der Waals surface area contributed by atoms with Gasteiger partial charge in [-0.05, 0) is 12.5 Å². The molecule has 6 nitrogen and oxygen atoms in total. The van der Waals surface area contributed by atoms with E-state index in [2.05, 4.69) is 6.92 Å². The van der Waals surface area contributed by atoms with Crippen molar-refractivity contribution in [2.24, 2.45) is 0 Å². The van der Waals surface area contributed by atoms with Crippen molar-refractivity contribution >= 4 is 11.9 Å². The third kappa shape index (κ3) is 2.18. The average molecular weight is 283 g/mol. The fraction of sp³-hybridized carbons (Fsp3) is 0.714. The second-order valence-corrected chi connectivity index (χ2v) is 5.27. The predicted molar refractivity (Wildman–Crippen MR) is 70.6 cm³/mol. The molecular formula is C14H21NO5. The molecular weight excluding hydrogens is 262 g/mol. The van der Waals surface area contributed by atoms with Crippen LogP contribution in [0.2, 0.25) is 0 Å². The van der Waals surface area contributed by atoms with Crippen LogP contribution in [0.3, 0.4) is 0 Å². The Hall–Kier alpha value is -1.56. The van der Waals surface area contributed by atoms with Gasteiger partial charge in [0.1, 0.15) is 5.76 Å². The highest BCUT2D eigenvalue weighted by atomic mass is 16.5. The number of carbonyl (C=O) groups is 2. The molecule has 6 heteroatoms. The zero-order valence-corrected chi connectivity index (χ0v) is 11.7. The Labute approximate surface area is 118 Å². The molecule has 20 heavy (non-hydrogen) atoms. The van der Waals surface area contributed by atoms with E-state index < -0.39 is 17.7 Å². The summed E-state index contributed by atoms with van der Waals surface area (Å²) < 4.78 is 5.53. The topological polar surface area (TPSA) is 87.1 Å². The molecule has 1 amide bonds. The van der Waals surface area contributed by atoms with Crippen molar-refractivity contribution < 1.29 is 24.5 Å². The number of ether oxygens (including phenoxy) is 1. The molecule has 0 aromatic rings. The Morgan fingerprint density at radius 2 is 2.25 bits per heavy atom. The number of rotatable bonds is 7. The number of aliphatic hydroxyl groups is 1. The minimum Gasteiger partial charge on any atom is -0.479 e. The lowest BCUT2D eigenvalue weighted by Gasteiger charge is -2.40. The molecule has 0 unspecified atom stereocenters. The molecule has 0 bridgehead atoms. The molecule has 0 aliphatic carbocycles. The van der Waals surface area contributed by atoms with Gasteiger partial charge >= 0.3 is 5.97 Å². The zero-order chi connectivity index (χ0) is 14.8. The van der Waals surface area contributed by atoms with Gasteiger partial charge in [-0.3, -0.25) is 9.69 Å². The van der Waals surface area contributed by atoms with E-state index in [0.717, 1.165) is 19.3 Å². The second-order valence-electron chi connectivity index (χ2n) is 5.27. The molecule has 0 aromatic carbocycles. The molecule has 2 rings (SSSR count). The maximum Gasteiger partial charge on any atom is 0.337 e. The molecule has 2 saturated heterocycles. The summed E-state index contributed by atoms with van der Waals surface area (Å²) in [5.41, 5.74) is -1.42. The van der Waals surface area contributed by atoms with E-state index in [-0.39, 0.29) is 24.7 Å². The molecule has 0 spiro atoms. The van der Waals surface area contributed by atoms with Gasteiger partial charge in [-0.1, -0.05) is 32.6 Å². The normalized spacial score (nSPS) is 30.1. The largest absolute Gasteiger partial charge is 0.479 e. The molecule has 2 N–H and O–H groups in total. The number of fused-ring (bicyclic) bond motifs is 1. The van der Waals surface area contributed by atoms with Gasteiger partial charge in [-0.15, -0.1) is 0 Å². The number of aliphatic carboxylic acids is 1. The summed E-state index contributed by atoms with van der Waals surface area (Å²) in [6.45, 7) is 1.78. The maximum atomic E-state index is 11.8. The highest BCUT2D eigenvalue weighted by Crippen LogP contribution is 2.46. The van der Waals surface area contributed by atoms with Gasteiger partial charge in [-0.2, -0.15) is 0 Å². The second kappa shape index (κ2) is 5.83. The van der Waals surface area contributed by atoms with Crippen molar-refractivity contribution in [2.45, 2.75) is 57.2 Å². The first kappa shape index (κ1) is 14.8. The number of β-lactam (4-membered cyclic amide) rings is 1. The van der Waals surface area contributed by atoms with Crippen LogP contribution in [0.1, 0.15) is 45.4 Å². The summed E-state index contributed by atoms with van der Waals surface area (Å²) in [5.74, 6) is -1.07. The number of carboxylic acid groups (broad SMARTS) is 1. The van der Waals surface area contributed by atoms with E-state index in [9.17, 15) is 14.7 Å². The summed E-state index contributed by atoms with van der Waals surface area (Å²) in [4.78, 5) is 24.9. The van der Waals surface area contributed by atoms with Gasteiger partial charge in [0.25, 0.3) is 0 Å². The highest BCUT2D eigenvalue weighted by molar-refractivity contribution is 5.94. The van der Waals surface area contributed by atoms with Crippen LogP contribution in [0.15, 0.2) is 11.8 Å². The van der Waals surface area contributed by atoms with Gasteiger partial charge in [0.05, 0.1) is 13.0 Å². The number of hydrogen-bond acceptors (Lipinski definition) is 4. The van der Waals surface area contributed by atoms with Gasteiger partial charge in [0, 0.05) is 0 Å². The van der Waals surface area contributed by atoms with Crippen molar-refractivity contribution in [1.29, 1.82) is 0 Å². The number of unbranched alkanes of at least 4 members (excludes halogenated alkanes) is 3. The van der Waals surface area contributed by atoms with E-state index in [1.54, 1.807) is 0 Å². The summed E-state index contributed by atoms with van der Waals surface area (Å²) >= 11 is 0. The minimum atomic E-state index is -1.42. The minimum absolute atomic E-state index is 0.200. The number of amides is 1. The van der Waals surface area contributed by atoms with Crippen molar-refractivity contribution in [3.05, 3.63) is 11.8 Å². The summed E-state index contributed by atoms with van der Waals surface area (Å²) in [6.07, 6.45) is 5.15. The lowest BCUT2D eigenvalue weighted by Crippen LogP contribution is -2.62. The van der Waals surface area contributed by atoms with Gasteiger partial charge in [0.15, 0.2) is 6.23 Å². The van der Waals surface area contributed by atoms with Crippen LogP contribution in [0, 0.1) is 0 Å². The first-order chi connectivity index (χ1) is 9.57. The van der Waals surface area contributed by atoms with Crippen LogP contribution in [-0.2, 0) is 14.3 Å². The smallest absolute Gasteiger partial charge is 0.337 e. The van der Waals surface area contributed by atoms with Gasteiger partial charge in [-0.25, -0.2) is 4.79 Å². The number of hydrogen-bond donors (Lipinski definition) is 2. The molecule has 112 valence electrons. The number of aliphatic hydroxyl groups excluding tert-OH is 1. The van der Waals surface area contributed by atoms with Crippen LogP contribution in [0.4, 0.5) is 0 Å². The summed E-state index contributed by atoms with van der Waals surface area (Å²) in [5, 5.41) is 18.7. The zero-order valence-electron chi connectivity index (χ0n) is 11.7. The van der Waals surface area contributed by atoms with E-state index >= 15 is 0 Å². The van der Waals surface area contributed by atoms with E-state index in [1.165, 1.54) is 11.0 Å². The van der Waals surface area contributed by atoms with Crippen molar-refractivity contribution in [1.82, 2.24) is 4.90 Å².